The lowest BCUT2D eigenvalue weighted by atomic mass is 9.86. The Labute approximate surface area is 128 Å². The van der Waals surface area contributed by atoms with Gasteiger partial charge in [-0.3, -0.25) is 0 Å². The highest BCUT2D eigenvalue weighted by molar-refractivity contribution is 5.22. The van der Waals surface area contributed by atoms with Gasteiger partial charge in [-0.2, -0.15) is 0 Å². The Hall–Kier alpha value is -1.00. The summed E-state index contributed by atoms with van der Waals surface area (Å²) in [6, 6.07) is 0. The number of nitrogens with one attached hydrogen (secondary N) is 1. The number of fused-ring (bicyclic) bond motifs is 1. The molecule has 118 valence electrons. The van der Waals surface area contributed by atoms with E-state index in [2.05, 4.69) is 31.1 Å². The second-order valence-electron chi connectivity index (χ2n) is 7.07. The van der Waals surface area contributed by atoms with E-state index >= 15 is 0 Å². The van der Waals surface area contributed by atoms with Gasteiger partial charge < -0.3 is 10.1 Å². The molecule has 0 fully saturated rings. The second kappa shape index (κ2) is 6.84. The molecule has 0 bridgehead atoms. The lowest BCUT2D eigenvalue weighted by Crippen LogP contribution is -2.28. The summed E-state index contributed by atoms with van der Waals surface area (Å²) in [4.78, 5) is 9.45. The van der Waals surface area contributed by atoms with Crippen LogP contribution >= 0.6 is 0 Å². The molecule has 1 N–H and O–H groups in total. The van der Waals surface area contributed by atoms with Crippen molar-refractivity contribution in [1.29, 1.82) is 0 Å². The number of aromatic nitrogens is 2. The van der Waals surface area contributed by atoms with Gasteiger partial charge >= 0.3 is 0 Å². The molecule has 1 aliphatic carbocycles. The molecule has 0 amide bonds. The van der Waals surface area contributed by atoms with Crippen molar-refractivity contribution in [3.05, 3.63) is 23.3 Å². The maximum absolute atomic E-state index is 5.91. The summed E-state index contributed by atoms with van der Waals surface area (Å²) in [5, 5.41) is 3.27. The van der Waals surface area contributed by atoms with Gasteiger partial charge in [-0.1, -0.05) is 20.8 Å². The van der Waals surface area contributed by atoms with Crippen LogP contribution < -0.4 is 5.32 Å². The summed E-state index contributed by atoms with van der Waals surface area (Å²) in [7, 11) is 2.02. The summed E-state index contributed by atoms with van der Waals surface area (Å²) >= 11 is 0. The lowest BCUT2D eigenvalue weighted by Gasteiger charge is -2.30. The molecule has 0 saturated carbocycles. The SMILES string of the molecule is CCOC(c1ncc2c(n1)CCC(CNC)C2)C(C)(C)C. The van der Waals surface area contributed by atoms with E-state index in [0.717, 1.165) is 25.2 Å². The van der Waals surface area contributed by atoms with Crippen LogP contribution in [0.15, 0.2) is 6.20 Å². The predicted octanol–water partition coefficient (Wildman–Crippen LogP) is 2.92. The minimum atomic E-state index is -0.0390. The molecular weight excluding hydrogens is 262 g/mol. The number of rotatable bonds is 5. The van der Waals surface area contributed by atoms with Gasteiger partial charge in [-0.25, -0.2) is 9.97 Å². The highest BCUT2D eigenvalue weighted by Crippen LogP contribution is 2.35. The maximum Gasteiger partial charge on any atom is 0.157 e. The van der Waals surface area contributed by atoms with Crippen LogP contribution in [-0.4, -0.2) is 30.2 Å². The van der Waals surface area contributed by atoms with E-state index in [1.165, 1.54) is 17.7 Å². The van der Waals surface area contributed by atoms with E-state index < -0.39 is 0 Å². The number of ether oxygens (including phenoxy) is 1. The molecule has 0 saturated heterocycles. The van der Waals surface area contributed by atoms with Gasteiger partial charge in [0, 0.05) is 18.5 Å². The molecule has 0 aliphatic heterocycles. The molecular formula is C17H29N3O. The van der Waals surface area contributed by atoms with Gasteiger partial charge in [-0.15, -0.1) is 0 Å². The standard InChI is InChI=1S/C17H29N3O/c1-6-21-15(17(2,3)4)16-19-11-13-9-12(10-18-5)7-8-14(13)20-16/h11-12,15,18H,6-10H2,1-5H3. The number of hydrogen-bond donors (Lipinski definition) is 1. The zero-order chi connectivity index (χ0) is 15.5. The molecule has 0 radical (unpaired) electrons. The van der Waals surface area contributed by atoms with Crippen LogP contribution in [0, 0.1) is 11.3 Å². The van der Waals surface area contributed by atoms with Crippen LogP contribution in [0.3, 0.4) is 0 Å². The third kappa shape index (κ3) is 4.01. The van der Waals surface area contributed by atoms with Crippen molar-refractivity contribution in [3.8, 4) is 0 Å². The Kier molecular flexibility index (Phi) is 5.33. The van der Waals surface area contributed by atoms with Crippen molar-refractivity contribution in [2.45, 2.75) is 53.1 Å². The van der Waals surface area contributed by atoms with Gasteiger partial charge in [0.15, 0.2) is 5.82 Å². The van der Waals surface area contributed by atoms with Crippen molar-refractivity contribution in [1.82, 2.24) is 15.3 Å². The second-order valence-corrected chi connectivity index (χ2v) is 7.07. The van der Waals surface area contributed by atoms with Crippen molar-refractivity contribution in [3.63, 3.8) is 0 Å². The lowest BCUT2D eigenvalue weighted by molar-refractivity contribution is -0.0193. The zero-order valence-electron chi connectivity index (χ0n) is 14.1. The van der Waals surface area contributed by atoms with E-state index in [1.54, 1.807) is 0 Å². The summed E-state index contributed by atoms with van der Waals surface area (Å²) in [5.74, 6) is 1.55. The van der Waals surface area contributed by atoms with Gasteiger partial charge in [0.1, 0.15) is 6.10 Å². The molecule has 2 rings (SSSR count). The third-order valence-corrected chi connectivity index (χ3v) is 4.12. The normalized spacial score (nSPS) is 20.1. The zero-order valence-corrected chi connectivity index (χ0v) is 14.1. The summed E-state index contributed by atoms with van der Waals surface area (Å²) < 4.78 is 5.91. The minimum Gasteiger partial charge on any atom is -0.370 e. The smallest absolute Gasteiger partial charge is 0.157 e. The molecule has 0 aromatic carbocycles. The topological polar surface area (TPSA) is 47.0 Å². The molecule has 4 nitrogen and oxygen atoms in total. The molecule has 1 heterocycles. The van der Waals surface area contributed by atoms with Gasteiger partial charge in [0.2, 0.25) is 0 Å². The minimum absolute atomic E-state index is 0.00752. The van der Waals surface area contributed by atoms with Gasteiger partial charge in [-0.05, 0) is 56.7 Å². The molecule has 1 aromatic rings. The van der Waals surface area contributed by atoms with Crippen molar-refractivity contribution < 1.29 is 4.74 Å². The molecule has 2 unspecified atom stereocenters. The van der Waals surface area contributed by atoms with Gasteiger partial charge in [0.25, 0.3) is 0 Å². The third-order valence-electron chi connectivity index (χ3n) is 4.12. The van der Waals surface area contributed by atoms with Crippen molar-refractivity contribution >= 4 is 0 Å². The van der Waals surface area contributed by atoms with E-state index in [1.807, 2.05) is 20.2 Å². The fourth-order valence-corrected chi connectivity index (χ4v) is 3.07. The molecule has 0 spiro atoms. The number of aryl methyl sites for hydroxylation is 1. The first-order chi connectivity index (χ1) is 9.95. The Balaban J connectivity index is 2.21. The summed E-state index contributed by atoms with van der Waals surface area (Å²) in [5.41, 5.74) is 2.55. The molecule has 1 aliphatic rings. The average molecular weight is 291 g/mol. The summed E-state index contributed by atoms with van der Waals surface area (Å²) in [6.07, 6.45) is 5.34. The Morgan fingerprint density at radius 3 is 2.81 bits per heavy atom. The van der Waals surface area contributed by atoms with Crippen LogP contribution in [-0.2, 0) is 17.6 Å². The Morgan fingerprint density at radius 1 is 1.43 bits per heavy atom. The fraction of sp³-hybridized carbons (Fsp3) is 0.765. The largest absolute Gasteiger partial charge is 0.370 e. The Bertz CT molecular complexity index is 468. The molecule has 4 heteroatoms. The molecule has 21 heavy (non-hydrogen) atoms. The maximum atomic E-state index is 5.91. The summed E-state index contributed by atoms with van der Waals surface area (Å²) in [6.45, 7) is 10.3. The molecule has 1 aromatic heterocycles. The van der Waals surface area contributed by atoms with E-state index in [9.17, 15) is 0 Å². The predicted molar refractivity (Wildman–Crippen MR) is 85.3 cm³/mol. The quantitative estimate of drug-likeness (QED) is 0.906. The first-order valence-corrected chi connectivity index (χ1v) is 8.06. The van der Waals surface area contributed by atoms with Crippen molar-refractivity contribution in [2.75, 3.05) is 20.2 Å². The molecule has 2 atom stereocenters. The first-order valence-electron chi connectivity index (χ1n) is 8.06. The Morgan fingerprint density at radius 2 is 2.19 bits per heavy atom. The fourth-order valence-electron chi connectivity index (χ4n) is 3.07. The van der Waals surface area contributed by atoms with Crippen molar-refractivity contribution in [2.24, 2.45) is 11.3 Å². The monoisotopic (exact) mass is 291 g/mol. The van der Waals surface area contributed by atoms with Gasteiger partial charge in [0.05, 0.1) is 0 Å². The number of nitrogens with zero attached hydrogens (tertiary/aromatic N) is 2. The van der Waals surface area contributed by atoms with E-state index in [4.69, 9.17) is 9.72 Å². The van der Waals surface area contributed by atoms with Crippen LogP contribution in [0.25, 0.3) is 0 Å². The number of hydrogen-bond acceptors (Lipinski definition) is 4. The highest BCUT2D eigenvalue weighted by Gasteiger charge is 2.30. The van der Waals surface area contributed by atoms with Crippen LogP contribution in [0.1, 0.15) is 57.3 Å². The first kappa shape index (κ1) is 16.4. The van der Waals surface area contributed by atoms with E-state index in [-0.39, 0.29) is 11.5 Å². The van der Waals surface area contributed by atoms with Crippen LogP contribution in [0.5, 0.6) is 0 Å². The van der Waals surface area contributed by atoms with E-state index in [0.29, 0.717) is 12.5 Å². The van der Waals surface area contributed by atoms with Crippen LogP contribution in [0.2, 0.25) is 0 Å². The van der Waals surface area contributed by atoms with Crippen LogP contribution in [0.4, 0.5) is 0 Å². The average Bonchev–Trinajstić information content (AvgIpc) is 2.43. The highest BCUT2D eigenvalue weighted by atomic mass is 16.5.